The van der Waals surface area contributed by atoms with Crippen molar-refractivity contribution in [2.45, 2.75) is 57.7 Å². The third-order valence-corrected chi connectivity index (χ3v) is 2.01. The number of halogens is 3. The Bertz CT molecular complexity index is 140. The molecule has 1 nitrogen and oxygen atoms in total. The third-order valence-electron chi connectivity index (χ3n) is 2.01. The van der Waals surface area contributed by atoms with E-state index in [-0.39, 0.29) is 6.42 Å². The van der Waals surface area contributed by atoms with Gasteiger partial charge in [0.2, 0.25) is 0 Å². The quantitative estimate of drug-likeness (QED) is 0.649. The molecule has 0 aromatic heterocycles. The van der Waals surface area contributed by atoms with E-state index in [2.05, 4.69) is 0 Å². The van der Waals surface area contributed by atoms with Gasteiger partial charge in [-0.3, -0.25) is 0 Å². The molecule has 0 aliphatic rings. The van der Waals surface area contributed by atoms with E-state index >= 15 is 0 Å². The predicted octanol–water partition coefficient (Wildman–Crippen LogP) is 3.27. The monoisotopic (exact) mass is 198 g/mol. The van der Waals surface area contributed by atoms with E-state index in [9.17, 15) is 13.2 Å². The van der Waals surface area contributed by atoms with E-state index in [0.717, 1.165) is 12.8 Å². The lowest BCUT2D eigenvalue weighted by atomic mass is 10.0. The van der Waals surface area contributed by atoms with Gasteiger partial charge in [0.05, 0.1) is 0 Å². The lowest BCUT2D eigenvalue weighted by Gasteiger charge is -2.24. The van der Waals surface area contributed by atoms with Crippen LogP contribution in [0.15, 0.2) is 0 Å². The second-order valence-electron chi connectivity index (χ2n) is 3.47. The van der Waals surface area contributed by atoms with Crippen molar-refractivity contribution in [3.8, 4) is 0 Å². The Morgan fingerprint density at radius 1 is 1.08 bits per heavy atom. The molecule has 0 amide bonds. The highest BCUT2D eigenvalue weighted by atomic mass is 19.3. The number of aliphatic hydroxyl groups is 1. The van der Waals surface area contributed by atoms with Gasteiger partial charge in [-0.1, -0.05) is 26.2 Å². The Kier molecular flexibility index (Phi) is 4.75. The normalized spacial score (nSPS) is 17.1. The molecule has 4 heteroatoms. The number of hydrogen-bond acceptors (Lipinski definition) is 1. The van der Waals surface area contributed by atoms with Crippen molar-refractivity contribution >= 4 is 0 Å². The van der Waals surface area contributed by atoms with Crippen LogP contribution in [0.1, 0.15) is 46.0 Å². The van der Waals surface area contributed by atoms with E-state index in [1.54, 1.807) is 0 Å². The minimum atomic E-state index is -3.62. The summed E-state index contributed by atoms with van der Waals surface area (Å²) in [5, 5.41) is 8.49. The SMILES string of the molecule is CCCCCCC(F)(F)C(C)(O)F. The molecule has 1 unspecified atom stereocenters. The van der Waals surface area contributed by atoms with Gasteiger partial charge in [-0.15, -0.1) is 0 Å². The van der Waals surface area contributed by atoms with E-state index < -0.39 is 18.2 Å². The van der Waals surface area contributed by atoms with Crippen LogP contribution >= 0.6 is 0 Å². The van der Waals surface area contributed by atoms with Crippen molar-refractivity contribution < 1.29 is 18.3 Å². The van der Waals surface area contributed by atoms with Gasteiger partial charge in [-0.2, -0.15) is 0 Å². The first-order valence-corrected chi connectivity index (χ1v) is 4.60. The minimum Gasteiger partial charge on any atom is -0.357 e. The molecule has 0 aromatic carbocycles. The van der Waals surface area contributed by atoms with Crippen LogP contribution in [-0.4, -0.2) is 16.9 Å². The van der Waals surface area contributed by atoms with Crippen LogP contribution in [0.5, 0.6) is 0 Å². The first-order valence-electron chi connectivity index (χ1n) is 4.60. The molecule has 0 spiro atoms. The molecule has 0 aliphatic carbocycles. The first-order chi connectivity index (χ1) is 5.81. The summed E-state index contributed by atoms with van der Waals surface area (Å²) in [5.74, 6) is -7.01. The van der Waals surface area contributed by atoms with Crippen LogP contribution in [0.3, 0.4) is 0 Å². The molecule has 0 saturated heterocycles. The van der Waals surface area contributed by atoms with E-state index in [1.807, 2.05) is 6.92 Å². The van der Waals surface area contributed by atoms with E-state index in [0.29, 0.717) is 13.3 Å². The molecule has 0 heterocycles. The fourth-order valence-corrected chi connectivity index (χ4v) is 1.00. The molecule has 0 radical (unpaired) electrons. The topological polar surface area (TPSA) is 20.2 Å². The van der Waals surface area contributed by atoms with Gasteiger partial charge in [0.25, 0.3) is 5.85 Å². The van der Waals surface area contributed by atoms with Gasteiger partial charge in [0, 0.05) is 13.3 Å². The molecule has 1 N–H and O–H groups in total. The Morgan fingerprint density at radius 3 is 2.00 bits per heavy atom. The standard InChI is InChI=1S/C9H17F3O/c1-3-4-5-6-7-9(11,12)8(2,10)13/h13H,3-7H2,1-2H3. The van der Waals surface area contributed by atoms with Gasteiger partial charge in [-0.05, 0) is 6.42 Å². The third kappa shape index (κ3) is 4.50. The zero-order chi connectivity index (χ0) is 10.5. The Hall–Kier alpha value is -0.250. The van der Waals surface area contributed by atoms with Crippen LogP contribution in [0.4, 0.5) is 13.2 Å². The number of alkyl halides is 3. The zero-order valence-electron chi connectivity index (χ0n) is 8.12. The van der Waals surface area contributed by atoms with Gasteiger partial charge in [0.1, 0.15) is 0 Å². The summed E-state index contributed by atoms with van der Waals surface area (Å²) in [6, 6.07) is 0. The molecular weight excluding hydrogens is 181 g/mol. The summed E-state index contributed by atoms with van der Waals surface area (Å²) in [4.78, 5) is 0. The Balaban J connectivity index is 3.77. The second-order valence-corrected chi connectivity index (χ2v) is 3.47. The summed E-state index contributed by atoms with van der Waals surface area (Å²) in [6.07, 6.45) is 2.13. The molecule has 0 aliphatic heterocycles. The average molecular weight is 198 g/mol. The maximum absolute atomic E-state index is 12.7. The van der Waals surface area contributed by atoms with Crippen LogP contribution in [0, 0.1) is 0 Å². The van der Waals surface area contributed by atoms with Crippen LogP contribution in [-0.2, 0) is 0 Å². The molecular formula is C9H17F3O. The highest BCUT2D eigenvalue weighted by Crippen LogP contribution is 2.34. The molecule has 1 atom stereocenters. The maximum atomic E-state index is 12.7. The summed E-state index contributed by atoms with van der Waals surface area (Å²) in [5.41, 5.74) is 0. The van der Waals surface area contributed by atoms with Crippen molar-refractivity contribution in [1.29, 1.82) is 0 Å². The smallest absolute Gasteiger partial charge is 0.305 e. The van der Waals surface area contributed by atoms with Gasteiger partial charge in [0.15, 0.2) is 0 Å². The molecule has 13 heavy (non-hydrogen) atoms. The fraction of sp³-hybridized carbons (Fsp3) is 1.00. The second kappa shape index (κ2) is 4.84. The van der Waals surface area contributed by atoms with E-state index in [4.69, 9.17) is 5.11 Å². The lowest BCUT2D eigenvalue weighted by Crippen LogP contribution is -2.41. The molecule has 0 bridgehead atoms. The molecule has 0 saturated carbocycles. The van der Waals surface area contributed by atoms with Crippen molar-refractivity contribution in [2.24, 2.45) is 0 Å². The summed E-state index contributed by atoms with van der Waals surface area (Å²) < 4.78 is 37.9. The summed E-state index contributed by atoms with van der Waals surface area (Å²) in [7, 11) is 0. The fourth-order valence-electron chi connectivity index (χ4n) is 1.00. The van der Waals surface area contributed by atoms with Crippen molar-refractivity contribution in [3.63, 3.8) is 0 Å². The Morgan fingerprint density at radius 2 is 1.62 bits per heavy atom. The van der Waals surface area contributed by atoms with Gasteiger partial charge < -0.3 is 5.11 Å². The molecule has 0 aromatic rings. The Labute approximate surface area is 76.9 Å². The maximum Gasteiger partial charge on any atom is 0.305 e. The average Bonchev–Trinajstić information content (AvgIpc) is 1.96. The van der Waals surface area contributed by atoms with Crippen LogP contribution in [0.2, 0.25) is 0 Å². The molecule has 80 valence electrons. The van der Waals surface area contributed by atoms with Crippen LogP contribution in [0.25, 0.3) is 0 Å². The predicted molar refractivity (Wildman–Crippen MR) is 45.4 cm³/mol. The van der Waals surface area contributed by atoms with Crippen molar-refractivity contribution in [1.82, 2.24) is 0 Å². The van der Waals surface area contributed by atoms with Crippen molar-refractivity contribution in [3.05, 3.63) is 0 Å². The molecule has 0 rings (SSSR count). The van der Waals surface area contributed by atoms with Gasteiger partial charge in [-0.25, -0.2) is 13.2 Å². The van der Waals surface area contributed by atoms with Crippen molar-refractivity contribution in [2.75, 3.05) is 0 Å². The summed E-state index contributed by atoms with van der Waals surface area (Å²) >= 11 is 0. The van der Waals surface area contributed by atoms with Crippen LogP contribution < -0.4 is 0 Å². The summed E-state index contributed by atoms with van der Waals surface area (Å²) in [6.45, 7) is 2.45. The lowest BCUT2D eigenvalue weighted by molar-refractivity contribution is -0.244. The molecule has 0 fully saturated rings. The number of hydrogen-bond donors (Lipinski definition) is 1. The highest BCUT2D eigenvalue weighted by molar-refractivity contribution is 4.79. The minimum absolute atomic E-state index is 0.251. The number of rotatable bonds is 6. The largest absolute Gasteiger partial charge is 0.357 e. The number of unbranched alkanes of at least 4 members (excludes halogenated alkanes) is 3. The van der Waals surface area contributed by atoms with Gasteiger partial charge >= 0.3 is 5.92 Å². The zero-order valence-corrected chi connectivity index (χ0v) is 8.12. The highest BCUT2D eigenvalue weighted by Gasteiger charge is 2.48. The van der Waals surface area contributed by atoms with E-state index in [1.165, 1.54) is 0 Å². The first kappa shape index (κ1) is 12.8.